The van der Waals surface area contributed by atoms with Crippen LogP contribution in [0, 0.1) is 38.0 Å². The van der Waals surface area contributed by atoms with E-state index in [4.69, 9.17) is 9.47 Å². The summed E-state index contributed by atoms with van der Waals surface area (Å²) in [6.45, 7) is 2.30. The molecule has 8 heteroatoms. The molecule has 4 aromatic carbocycles. The zero-order valence-corrected chi connectivity index (χ0v) is 26.9. The average molecular weight is 635 g/mol. The van der Waals surface area contributed by atoms with Gasteiger partial charge < -0.3 is 9.47 Å². The average Bonchev–Trinajstić information content (AvgIpc) is 3.10. The van der Waals surface area contributed by atoms with Crippen LogP contribution >= 0.6 is 0 Å². The van der Waals surface area contributed by atoms with Gasteiger partial charge >= 0.3 is 0 Å². The second kappa shape index (κ2) is 14.4. The molecule has 0 aliphatic heterocycles. The van der Waals surface area contributed by atoms with Crippen molar-refractivity contribution in [1.82, 2.24) is 0 Å². The van der Waals surface area contributed by atoms with Crippen LogP contribution in [0.25, 0.3) is 0 Å². The van der Waals surface area contributed by atoms with E-state index in [0.29, 0.717) is 23.0 Å². The number of benzene rings is 4. The summed E-state index contributed by atoms with van der Waals surface area (Å²) in [7, 11) is 0. The summed E-state index contributed by atoms with van der Waals surface area (Å²) < 4.78 is 12.1. The third-order valence-electron chi connectivity index (χ3n) is 10.5. The summed E-state index contributed by atoms with van der Waals surface area (Å²) in [5.41, 5.74) is 2.42. The minimum Gasteiger partial charge on any atom is -0.457 e. The predicted molar refractivity (Wildman–Crippen MR) is 182 cm³/mol. The Morgan fingerprint density at radius 2 is 0.936 bits per heavy atom. The molecular weight excluding hydrogens is 592 g/mol. The number of ether oxygens (including phenoxy) is 2. The van der Waals surface area contributed by atoms with E-state index in [9.17, 15) is 20.2 Å². The molecule has 2 aliphatic carbocycles. The lowest BCUT2D eigenvalue weighted by Gasteiger charge is -2.44. The Hall–Kier alpha value is -4.72. The second-order valence-electron chi connectivity index (χ2n) is 13.2. The van der Waals surface area contributed by atoms with Gasteiger partial charge in [0, 0.05) is 29.7 Å². The van der Waals surface area contributed by atoms with Crippen LogP contribution in [0.1, 0.15) is 82.3 Å². The van der Waals surface area contributed by atoms with Crippen molar-refractivity contribution >= 4 is 11.4 Å². The molecule has 47 heavy (non-hydrogen) atoms. The maximum Gasteiger partial charge on any atom is 0.269 e. The van der Waals surface area contributed by atoms with E-state index in [0.717, 1.165) is 30.6 Å². The van der Waals surface area contributed by atoms with E-state index in [1.807, 2.05) is 24.3 Å². The Bertz CT molecular complexity index is 1530. The van der Waals surface area contributed by atoms with E-state index >= 15 is 0 Å². The fourth-order valence-corrected chi connectivity index (χ4v) is 7.93. The van der Waals surface area contributed by atoms with E-state index in [1.165, 1.54) is 86.8 Å². The van der Waals surface area contributed by atoms with E-state index in [-0.39, 0.29) is 16.8 Å². The second-order valence-corrected chi connectivity index (χ2v) is 13.2. The molecule has 2 saturated carbocycles. The van der Waals surface area contributed by atoms with Crippen molar-refractivity contribution in [3.63, 3.8) is 0 Å². The van der Waals surface area contributed by atoms with Crippen LogP contribution in [0.15, 0.2) is 97.1 Å². The summed E-state index contributed by atoms with van der Waals surface area (Å²) >= 11 is 0. The molecule has 8 nitrogen and oxygen atoms in total. The molecule has 0 radical (unpaired) electrons. The Morgan fingerprint density at radius 3 is 1.30 bits per heavy atom. The standard InChI is InChI=1S/C39H42N2O6/c1-2-3-28-4-6-29(7-5-28)30-24-26-39(27-25-30,31-8-16-35(17-9-31)46-37-20-12-33(13-21-37)40(42)43)32-10-18-36(19-11-32)47-38-22-14-34(15-23-38)41(44)45/h8-23,28-30H,2-7,24-27H2,1H3. The van der Waals surface area contributed by atoms with Crippen molar-refractivity contribution in [2.24, 2.45) is 17.8 Å². The molecule has 244 valence electrons. The Balaban J connectivity index is 1.21. The highest BCUT2D eigenvalue weighted by atomic mass is 16.6. The van der Waals surface area contributed by atoms with Gasteiger partial charge in [0.05, 0.1) is 9.85 Å². The van der Waals surface area contributed by atoms with Crippen LogP contribution in [0.4, 0.5) is 11.4 Å². The Morgan fingerprint density at radius 1 is 0.574 bits per heavy atom. The number of non-ortho nitro benzene ring substituents is 2. The third kappa shape index (κ3) is 7.48. The Kier molecular flexibility index (Phi) is 9.85. The van der Waals surface area contributed by atoms with Crippen LogP contribution in [0.2, 0.25) is 0 Å². The lowest BCUT2D eigenvalue weighted by Crippen LogP contribution is -2.35. The van der Waals surface area contributed by atoms with Gasteiger partial charge in [0.25, 0.3) is 11.4 Å². The normalized spacial score (nSPS) is 19.5. The number of hydrogen-bond donors (Lipinski definition) is 0. The van der Waals surface area contributed by atoms with E-state index in [1.54, 1.807) is 24.3 Å². The molecule has 0 N–H and O–H groups in total. The molecule has 0 saturated heterocycles. The molecule has 0 unspecified atom stereocenters. The van der Waals surface area contributed by atoms with E-state index < -0.39 is 9.85 Å². The molecule has 0 bridgehead atoms. The van der Waals surface area contributed by atoms with Gasteiger partial charge in [-0.1, -0.05) is 56.9 Å². The lowest BCUT2D eigenvalue weighted by molar-refractivity contribution is -0.385. The molecule has 4 aromatic rings. The quantitative estimate of drug-likeness (QED) is 0.120. The first-order valence-electron chi connectivity index (χ1n) is 16.9. The number of hydrogen-bond acceptors (Lipinski definition) is 6. The first-order chi connectivity index (χ1) is 22.8. The summed E-state index contributed by atoms with van der Waals surface area (Å²) in [6.07, 6.45) is 12.7. The van der Waals surface area contributed by atoms with Gasteiger partial charge in [0.2, 0.25) is 0 Å². The Labute approximate surface area is 276 Å². The van der Waals surface area contributed by atoms with Gasteiger partial charge in [-0.25, -0.2) is 0 Å². The number of nitro benzene ring substituents is 2. The molecule has 0 amide bonds. The molecule has 0 spiro atoms. The monoisotopic (exact) mass is 634 g/mol. The van der Waals surface area contributed by atoms with E-state index in [2.05, 4.69) is 31.2 Å². The molecule has 2 aliphatic rings. The highest BCUT2D eigenvalue weighted by molar-refractivity contribution is 5.46. The summed E-state index contributed by atoms with van der Waals surface area (Å²) in [6, 6.07) is 28.9. The highest BCUT2D eigenvalue weighted by Gasteiger charge is 2.41. The number of nitro groups is 2. The minimum atomic E-state index is -0.418. The van der Waals surface area contributed by atoms with Crippen molar-refractivity contribution < 1.29 is 19.3 Å². The van der Waals surface area contributed by atoms with Crippen molar-refractivity contribution in [1.29, 1.82) is 0 Å². The topological polar surface area (TPSA) is 105 Å². The minimum absolute atomic E-state index is 0.0309. The van der Waals surface area contributed by atoms with Crippen molar-refractivity contribution in [3.05, 3.63) is 128 Å². The molecule has 0 aromatic heterocycles. The van der Waals surface area contributed by atoms with Gasteiger partial charge in [-0.05, 0) is 116 Å². The van der Waals surface area contributed by atoms with Crippen molar-refractivity contribution in [2.45, 2.75) is 76.5 Å². The van der Waals surface area contributed by atoms with Gasteiger partial charge in [-0.15, -0.1) is 0 Å². The van der Waals surface area contributed by atoms with Gasteiger partial charge in [0.15, 0.2) is 0 Å². The van der Waals surface area contributed by atoms with Crippen LogP contribution in [0.5, 0.6) is 23.0 Å². The smallest absolute Gasteiger partial charge is 0.269 e. The zero-order chi connectivity index (χ0) is 32.8. The maximum atomic E-state index is 11.0. The first kappa shape index (κ1) is 32.2. The fraction of sp³-hybridized carbons (Fsp3) is 0.385. The van der Waals surface area contributed by atoms with Crippen molar-refractivity contribution in [3.8, 4) is 23.0 Å². The van der Waals surface area contributed by atoms with Crippen LogP contribution in [-0.2, 0) is 5.41 Å². The van der Waals surface area contributed by atoms with Crippen LogP contribution in [0.3, 0.4) is 0 Å². The molecule has 6 rings (SSSR count). The number of rotatable bonds is 11. The van der Waals surface area contributed by atoms with Crippen molar-refractivity contribution in [2.75, 3.05) is 0 Å². The molecule has 0 atom stereocenters. The summed E-state index contributed by atoms with van der Waals surface area (Å²) in [5, 5.41) is 22.0. The fourth-order valence-electron chi connectivity index (χ4n) is 7.93. The number of nitrogens with zero attached hydrogens (tertiary/aromatic N) is 2. The predicted octanol–water partition coefficient (Wildman–Crippen LogP) is 11.2. The van der Waals surface area contributed by atoms with Gasteiger partial charge in [0.1, 0.15) is 23.0 Å². The lowest BCUT2D eigenvalue weighted by atomic mass is 9.60. The largest absolute Gasteiger partial charge is 0.457 e. The molecule has 0 heterocycles. The summed E-state index contributed by atoms with van der Waals surface area (Å²) in [5.74, 6) is 4.98. The van der Waals surface area contributed by atoms with Crippen LogP contribution < -0.4 is 9.47 Å². The van der Waals surface area contributed by atoms with Gasteiger partial charge in [-0.3, -0.25) is 20.2 Å². The van der Waals surface area contributed by atoms with Crippen LogP contribution in [-0.4, -0.2) is 9.85 Å². The first-order valence-corrected chi connectivity index (χ1v) is 16.9. The van der Waals surface area contributed by atoms with Gasteiger partial charge in [-0.2, -0.15) is 0 Å². The molecule has 2 fully saturated rings. The maximum absolute atomic E-state index is 11.0. The summed E-state index contributed by atoms with van der Waals surface area (Å²) in [4.78, 5) is 21.2. The molecular formula is C39H42N2O6. The highest BCUT2D eigenvalue weighted by Crippen LogP contribution is 2.51. The SMILES string of the molecule is CCCC1CCC(C2CCC(c3ccc(Oc4ccc([N+](=O)[O-])cc4)cc3)(c3ccc(Oc4ccc([N+](=O)[O-])cc4)cc3)CC2)CC1. The zero-order valence-electron chi connectivity index (χ0n) is 26.9. The third-order valence-corrected chi connectivity index (χ3v) is 10.5.